The molecule has 1 aromatic carbocycles. The molecule has 0 radical (unpaired) electrons. The molecule has 0 bridgehead atoms. The molecule has 0 aliphatic rings. The van der Waals surface area contributed by atoms with Crippen molar-refractivity contribution in [2.24, 2.45) is 0 Å². The maximum Gasteiger partial charge on any atom is 0.272 e. The molecule has 2 aromatic rings. The number of benzene rings is 1. The van der Waals surface area contributed by atoms with Crippen molar-refractivity contribution in [3.05, 3.63) is 48.3 Å². The molecule has 0 N–H and O–H groups in total. The smallest absolute Gasteiger partial charge is 0.272 e. The summed E-state index contributed by atoms with van der Waals surface area (Å²) in [5.41, 5.74) is 1.44. The van der Waals surface area contributed by atoms with Crippen LogP contribution < -0.4 is 4.90 Å². The van der Waals surface area contributed by atoms with E-state index in [1.54, 1.807) is 17.2 Å². The van der Waals surface area contributed by atoms with Gasteiger partial charge in [0.2, 0.25) is 5.95 Å². The van der Waals surface area contributed by atoms with Gasteiger partial charge < -0.3 is 9.80 Å². The van der Waals surface area contributed by atoms with E-state index in [0.717, 1.165) is 12.2 Å². The van der Waals surface area contributed by atoms with Gasteiger partial charge in [-0.3, -0.25) is 4.79 Å². The number of nitrogens with zero attached hydrogens (tertiary/aromatic N) is 4. The zero-order valence-corrected chi connectivity index (χ0v) is 13.4. The Hall–Kier alpha value is -2.43. The third-order valence-corrected chi connectivity index (χ3v) is 3.54. The van der Waals surface area contributed by atoms with Crippen LogP contribution in [0.25, 0.3) is 0 Å². The van der Waals surface area contributed by atoms with E-state index in [4.69, 9.17) is 0 Å². The molecule has 0 fully saturated rings. The molecule has 2 rings (SSSR count). The maximum atomic E-state index is 12.4. The molecule has 0 aliphatic heterocycles. The van der Waals surface area contributed by atoms with Gasteiger partial charge in [-0.2, -0.15) is 0 Å². The summed E-state index contributed by atoms with van der Waals surface area (Å²) in [6, 6.07) is 11.6. The van der Waals surface area contributed by atoms with E-state index < -0.39 is 0 Å². The quantitative estimate of drug-likeness (QED) is 0.822. The van der Waals surface area contributed by atoms with Gasteiger partial charge >= 0.3 is 0 Å². The Bertz CT molecular complexity index is 611. The van der Waals surface area contributed by atoms with E-state index in [2.05, 4.69) is 9.97 Å². The molecular weight excluding hydrogens is 276 g/mol. The van der Waals surface area contributed by atoms with Gasteiger partial charge in [-0.25, -0.2) is 9.97 Å². The second-order valence-electron chi connectivity index (χ2n) is 4.80. The lowest BCUT2D eigenvalue weighted by Gasteiger charge is -2.22. The average Bonchev–Trinajstić information content (AvgIpc) is 2.58. The first kappa shape index (κ1) is 15.9. The number of rotatable bonds is 6. The largest absolute Gasteiger partial charge is 0.338 e. The first-order valence-corrected chi connectivity index (χ1v) is 7.66. The van der Waals surface area contributed by atoms with Gasteiger partial charge in [0.1, 0.15) is 5.69 Å². The monoisotopic (exact) mass is 298 g/mol. The molecule has 1 aromatic heterocycles. The Morgan fingerprint density at radius 3 is 2.27 bits per heavy atom. The van der Waals surface area contributed by atoms with Crippen LogP contribution in [0.2, 0.25) is 0 Å². The summed E-state index contributed by atoms with van der Waals surface area (Å²) in [7, 11) is 0. The molecule has 1 heterocycles. The third kappa shape index (κ3) is 3.42. The minimum Gasteiger partial charge on any atom is -0.338 e. The molecule has 5 nitrogen and oxygen atoms in total. The Kier molecular flexibility index (Phi) is 5.47. The van der Waals surface area contributed by atoms with Crippen molar-refractivity contribution in [1.82, 2.24) is 14.9 Å². The highest BCUT2D eigenvalue weighted by molar-refractivity contribution is 5.92. The number of anilines is 2. The molecule has 116 valence electrons. The fourth-order valence-electron chi connectivity index (χ4n) is 2.32. The van der Waals surface area contributed by atoms with Gasteiger partial charge in [-0.05, 0) is 39.0 Å². The first-order valence-electron chi connectivity index (χ1n) is 7.66. The summed E-state index contributed by atoms with van der Waals surface area (Å²) in [5.74, 6) is 0.490. The lowest BCUT2D eigenvalue weighted by Crippen LogP contribution is -2.31. The van der Waals surface area contributed by atoms with Gasteiger partial charge in [0.05, 0.1) is 0 Å². The molecule has 0 saturated heterocycles. The minimum atomic E-state index is -0.0576. The van der Waals surface area contributed by atoms with E-state index in [1.165, 1.54) is 0 Å². The second kappa shape index (κ2) is 7.54. The highest BCUT2D eigenvalue weighted by Gasteiger charge is 2.17. The summed E-state index contributed by atoms with van der Waals surface area (Å²) in [5, 5.41) is 0. The molecular formula is C17H22N4O. The fraction of sp³-hybridized carbons (Fsp3) is 0.353. The van der Waals surface area contributed by atoms with Crippen LogP contribution >= 0.6 is 0 Å². The second-order valence-corrected chi connectivity index (χ2v) is 4.80. The normalized spacial score (nSPS) is 10.3. The average molecular weight is 298 g/mol. The summed E-state index contributed by atoms with van der Waals surface area (Å²) < 4.78 is 0. The van der Waals surface area contributed by atoms with Crippen molar-refractivity contribution in [3.63, 3.8) is 0 Å². The zero-order chi connectivity index (χ0) is 15.9. The van der Waals surface area contributed by atoms with Crippen LogP contribution in [0.3, 0.4) is 0 Å². The van der Waals surface area contributed by atoms with Crippen LogP contribution in [0.1, 0.15) is 31.3 Å². The minimum absolute atomic E-state index is 0.0576. The van der Waals surface area contributed by atoms with Gasteiger partial charge in [0.15, 0.2) is 0 Å². The van der Waals surface area contributed by atoms with E-state index in [0.29, 0.717) is 24.7 Å². The van der Waals surface area contributed by atoms with Crippen LogP contribution in [0.4, 0.5) is 11.6 Å². The summed E-state index contributed by atoms with van der Waals surface area (Å²) >= 11 is 0. The van der Waals surface area contributed by atoms with Gasteiger partial charge in [0.25, 0.3) is 5.91 Å². The van der Waals surface area contributed by atoms with Crippen LogP contribution in [-0.2, 0) is 0 Å². The number of amides is 1. The number of aromatic nitrogens is 2. The van der Waals surface area contributed by atoms with Crippen LogP contribution in [-0.4, -0.2) is 40.4 Å². The van der Waals surface area contributed by atoms with Crippen molar-refractivity contribution in [2.75, 3.05) is 24.5 Å². The van der Waals surface area contributed by atoms with E-state index in [9.17, 15) is 4.79 Å². The van der Waals surface area contributed by atoms with Crippen molar-refractivity contribution >= 4 is 17.5 Å². The molecule has 0 unspecified atom stereocenters. The number of hydrogen-bond donors (Lipinski definition) is 0. The van der Waals surface area contributed by atoms with Crippen molar-refractivity contribution in [3.8, 4) is 0 Å². The molecule has 0 saturated carbocycles. The number of para-hydroxylation sites is 1. The van der Waals surface area contributed by atoms with E-state index in [-0.39, 0.29) is 5.91 Å². The topological polar surface area (TPSA) is 49.3 Å². The lowest BCUT2D eigenvalue weighted by molar-refractivity contribution is 0.0767. The SMILES string of the molecule is CCN(CC)C(=O)c1ccnc(N(CC)c2ccccc2)n1. The van der Waals surface area contributed by atoms with Gasteiger partial charge in [0, 0.05) is 31.5 Å². The zero-order valence-electron chi connectivity index (χ0n) is 13.4. The molecule has 5 heteroatoms. The number of carbonyl (C=O) groups is 1. The van der Waals surface area contributed by atoms with Gasteiger partial charge in [-0.15, -0.1) is 0 Å². The fourth-order valence-corrected chi connectivity index (χ4v) is 2.32. The van der Waals surface area contributed by atoms with E-state index in [1.807, 2.05) is 56.0 Å². The maximum absolute atomic E-state index is 12.4. The van der Waals surface area contributed by atoms with Crippen molar-refractivity contribution in [1.29, 1.82) is 0 Å². The molecule has 0 atom stereocenters. The predicted molar refractivity (Wildman–Crippen MR) is 88.4 cm³/mol. The predicted octanol–water partition coefficient (Wildman–Crippen LogP) is 3.12. The van der Waals surface area contributed by atoms with Crippen molar-refractivity contribution < 1.29 is 4.79 Å². The summed E-state index contributed by atoms with van der Waals surface area (Å²) in [6.07, 6.45) is 1.64. The highest BCUT2D eigenvalue weighted by Crippen LogP contribution is 2.21. The number of carbonyl (C=O) groups excluding carboxylic acids is 1. The van der Waals surface area contributed by atoms with Crippen molar-refractivity contribution in [2.45, 2.75) is 20.8 Å². The molecule has 22 heavy (non-hydrogen) atoms. The van der Waals surface area contributed by atoms with Gasteiger partial charge in [-0.1, -0.05) is 18.2 Å². The van der Waals surface area contributed by atoms with Crippen LogP contribution in [0.5, 0.6) is 0 Å². The lowest BCUT2D eigenvalue weighted by atomic mass is 10.3. The standard InChI is InChI=1S/C17H22N4O/c1-4-20(5-2)16(22)15-12-13-18-17(19-15)21(6-3)14-10-8-7-9-11-14/h7-13H,4-6H2,1-3H3. The van der Waals surface area contributed by atoms with Crippen LogP contribution in [0.15, 0.2) is 42.6 Å². The summed E-state index contributed by atoms with van der Waals surface area (Å²) in [6.45, 7) is 8.04. The molecule has 0 aliphatic carbocycles. The third-order valence-electron chi connectivity index (χ3n) is 3.54. The Balaban J connectivity index is 2.33. The Labute approximate surface area is 131 Å². The molecule has 1 amide bonds. The highest BCUT2D eigenvalue weighted by atomic mass is 16.2. The Morgan fingerprint density at radius 1 is 1.00 bits per heavy atom. The van der Waals surface area contributed by atoms with Crippen LogP contribution in [0, 0.1) is 0 Å². The Morgan fingerprint density at radius 2 is 1.68 bits per heavy atom. The van der Waals surface area contributed by atoms with E-state index >= 15 is 0 Å². The summed E-state index contributed by atoms with van der Waals surface area (Å²) in [4.78, 5) is 24.9. The molecule has 0 spiro atoms. The number of hydrogen-bond acceptors (Lipinski definition) is 4. The first-order chi connectivity index (χ1) is 10.7.